The molecule has 23 heavy (non-hydrogen) atoms. The molecule has 1 N–H and O–H groups in total. The molecule has 1 amide bonds. The topological polar surface area (TPSA) is 64.6 Å². The third-order valence-electron chi connectivity index (χ3n) is 3.78. The molecular weight excluding hydrogens is 294 g/mol. The molecule has 2 aromatic rings. The fraction of sp³-hybridized carbons (Fsp3) is 0.222. The van der Waals surface area contributed by atoms with Gasteiger partial charge in [-0.1, -0.05) is 24.3 Å². The van der Waals surface area contributed by atoms with Crippen molar-refractivity contribution in [2.24, 2.45) is 0 Å². The third kappa shape index (κ3) is 3.18. The Hall–Kier alpha value is -2.82. The average molecular weight is 311 g/mol. The lowest BCUT2D eigenvalue weighted by molar-refractivity contribution is -0.118. The monoisotopic (exact) mass is 311 g/mol. The minimum Gasteiger partial charge on any atom is -0.495 e. The summed E-state index contributed by atoms with van der Waals surface area (Å²) in [6.07, 6.45) is 1.17. The Kier molecular flexibility index (Phi) is 4.28. The number of fused-ring (bicyclic) bond motifs is 1. The highest BCUT2D eigenvalue weighted by molar-refractivity contribution is 6.01. The summed E-state index contributed by atoms with van der Waals surface area (Å²) in [5, 5.41) is 2.75. The van der Waals surface area contributed by atoms with Gasteiger partial charge >= 0.3 is 0 Å². The number of ether oxygens (including phenoxy) is 2. The largest absolute Gasteiger partial charge is 0.495 e. The van der Waals surface area contributed by atoms with Crippen molar-refractivity contribution in [3.8, 4) is 11.5 Å². The molecule has 0 heterocycles. The number of anilines is 1. The van der Waals surface area contributed by atoms with Crippen LogP contribution in [0.3, 0.4) is 0 Å². The molecule has 0 saturated heterocycles. The van der Waals surface area contributed by atoms with Crippen LogP contribution in [-0.2, 0) is 11.2 Å². The van der Waals surface area contributed by atoms with E-state index in [4.69, 9.17) is 9.47 Å². The molecule has 2 aromatic carbocycles. The summed E-state index contributed by atoms with van der Waals surface area (Å²) in [5.74, 6) is 1.04. The minimum atomic E-state index is -0.281. The second kappa shape index (κ2) is 6.52. The molecule has 0 spiro atoms. The van der Waals surface area contributed by atoms with E-state index in [-0.39, 0.29) is 18.3 Å². The third-order valence-corrected chi connectivity index (χ3v) is 3.78. The van der Waals surface area contributed by atoms with Crippen molar-refractivity contribution < 1.29 is 19.1 Å². The van der Waals surface area contributed by atoms with Crippen molar-refractivity contribution in [1.82, 2.24) is 0 Å². The Balaban J connectivity index is 1.65. The van der Waals surface area contributed by atoms with Gasteiger partial charge in [-0.25, -0.2) is 0 Å². The zero-order valence-electron chi connectivity index (χ0n) is 12.8. The number of hydrogen-bond acceptors (Lipinski definition) is 4. The van der Waals surface area contributed by atoms with Crippen LogP contribution in [0.1, 0.15) is 22.3 Å². The number of carbonyl (C=O) groups is 2. The number of nitrogens with one attached hydrogen (secondary N) is 1. The van der Waals surface area contributed by atoms with Crippen molar-refractivity contribution in [3.05, 3.63) is 53.6 Å². The SMILES string of the molecule is COc1ccccc1NC(=O)COc1cccc2c1CCC2=O. The summed E-state index contributed by atoms with van der Waals surface area (Å²) in [7, 11) is 1.55. The van der Waals surface area contributed by atoms with Gasteiger partial charge in [0, 0.05) is 17.5 Å². The van der Waals surface area contributed by atoms with E-state index >= 15 is 0 Å². The highest BCUT2D eigenvalue weighted by Gasteiger charge is 2.22. The van der Waals surface area contributed by atoms with Crippen LogP contribution in [0.5, 0.6) is 11.5 Å². The lowest BCUT2D eigenvalue weighted by Crippen LogP contribution is -2.20. The molecule has 0 aliphatic heterocycles. The average Bonchev–Trinajstić information content (AvgIpc) is 2.95. The number of benzene rings is 2. The lowest BCUT2D eigenvalue weighted by Gasteiger charge is -2.12. The van der Waals surface area contributed by atoms with E-state index in [1.165, 1.54) is 0 Å². The summed E-state index contributed by atoms with van der Waals surface area (Å²) in [6, 6.07) is 12.5. The number of amides is 1. The fourth-order valence-corrected chi connectivity index (χ4v) is 2.67. The van der Waals surface area contributed by atoms with Gasteiger partial charge in [-0.15, -0.1) is 0 Å². The zero-order valence-corrected chi connectivity index (χ0v) is 12.8. The Morgan fingerprint density at radius 2 is 1.87 bits per heavy atom. The molecule has 0 unspecified atom stereocenters. The Morgan fingerprint density at radius 1 is 1.09 bits per heavy atom. The summed E-state index contributed by atoms with van der Waals surface area (Å²) in [6.45, 7) is -0.122. The van der Waals surface area contributed by atoms with E-state index < -0.39 is 0 Å². The van der Waals surface area contributed by atoms with Gasteiger partial charge in [0.2, 0.25) is 0 Å². The Labute approximate surface area is 134 Å². The van der Waals surface area contributed by atoms with Crippen LogP contribution in [0.4, 0.5) is 5.69 Å². The maximum Gasteiger partial charge on any atom is 0.262 e. The number of para-hydroxylation sites is 2. The van der Waals surface area contributed by atoms with E-state index in [2.05, 4.69) is 5.32 Å². The van der Waals surface area contributed by atoms with E-state index in [1.807, 2.05) is 12.1 Å². The van der Waals surface area contributed by atoms with E-state index in [0.29, 0.717) is 35.6 Å². The second-order valence-corrected chi connectivity index (χ2v) is 5.24. The van der Waals surface area contributed by atoms with Crippen molar-refractivity contribution in [2.45, 2.75) is 12.8 Å². The first-order chi connectivity index (χ1) is 11.2. The van der Waals surface area contributed by atoms with Crippen LogP contribution in [-0.4, -0.2) is 25.4 Å². The predicted molar refractivity (Wildman–Crippen MR) is 86.2 cm³/mol. The molecule has 5 nitrogen and oxygen atoms in total. The molecule has 5 heteroatoms. The number of carbonyl (C=O) groups excluding carboxylic acids is 2. The molecule has 0 fully saturated rings. The van der Waals surface area contributed by atoms with Gasteiger partial charge in [-0.2, -0.15) is 0 Å². The molecule has 1 aliphatic rings. The summed E-state index contributed by atoms with van der Waals surface area (Å²) in [4.78, 5) is 23.8. The van der Waals surface area contributed by atoms with E-state index in [9.17, 15) is 9.59 Å². The molecule has 0 bridgehead atoms. The van der Waals surface area contributed by atoms with Gasteiger partial charge in [0.25, 0.3) is 5.91 Å². The van der Waals surface area contributed by atoms with E-state index in [1.54, 1.807) is 37.4 Å². The molecule has 1 aliphatic carbocycles. The van der Waals surface area contributed by atoms with Crippen molar-refractivity contribution in [1.29, 1.82) is 0 Å². The molecule has 0 saturated carbocycles. The molecule has 3 rings (SSSR count). The molecule has 118 valence electrons. The summed E-state index contributed by atoms with van der Waals surface area (Å²) < 4.78 is 10.8. The first-order valence-electron chi connectivity index (χ1n) is 7.40. The molecule has 0 radical (unpaired) electrons. The second-order valence-electron chi connectivity index (χ2n) is 5.24. The van der Waals surface area contributed by atoms with Gasteiger partial charge in [-0.3, -0.25) is 9.59 Å². The van der Waals surface area contributed by atoms with Crippen LogP contribution in [0.25, 0.3) is 0 Å². The van der Waals surface area contributed by atoms with Gasteiger partial charge in [0.1, 0.15) is 11.5 Å². The van der Waals surface area contributed by atoms with E-state index in [0.717, 1.165) is 5.56 Å². The summed E-state index contributed by atoms with van der Waals surface area (Å²) >= 11 is 0. The zero-order chi connectivity index (χ0) is 16.2. The van der Waals surface area contributed by atoms with Gasteiger partial charge in [-0.05, 0) is 24.6 Å². The van der Waals surface area contributed by atoms with Crippen LogP contribution in [0.2, 0.25) is 0 Å². The smallest absolute Gasteiger partial charge is 0.262 e. The Bertz CT molecular complexity index is 754. The van der Waals surface area contributed by atoms with Crippen molar-refractivity contribution >= 4 is 17.4 Å². The van der Waals surface area contributed by atoms with Crippen LogP contribution < -0.4 is 14.8 Å². The molecule has 0 aromatic heterocycles. The predicted octanol–water partition coefficient (Wildman–Crippen LogP) is 2.84. The normalized spacial score (nSPS) is 12.7. The number of ketones is 1. The van der Waals surface area contributed by atoms with Gasteiger partial charge in [0.15, 0.2) is 12.4 Å². The first kappa shape index (κ1) is 15.1. The van der Waals surface area contributed by atoms with Crippen LogP contribution >= 0.6 is 0 Å². The lowest BCUT2D eigenvalue weighted by atomic mass is 10.1. The number of rotatable bonds is 5. The first-order valence-corrected chi connectivity index (χ1v) is 7.40. The van der Waals surface area contributed by atoms with Gasteiger partial charge in [0.05, 0.1) is 12.8 Å². The minimum absolute atomic E-state index is 0.122. The van der Waals surface area contributed by atoms with Crippen molar-refractivity contribution in [2.75, 3.05) is 19.0 Å². The highest BCUT2D eigenvalue weighted by atomic mass is 16.5. The number of Topliss-reactive ketones (excluding diaryl/α,β-unsaturated/α-hetero) is 1. The Morgan fingerprint density at radius 3 is 2.70 bits per heavy atom. The quantitative estimate of drug-likeness (QED) is 0.922. The molecular formula is C18H17NO4. The number of methoxy groups -OCH3 is 1. The maximum absolute atomic E-state index is 12.1. The summed E-state index contributed by atoms with van der Waals surface area (Å²) in [5.41, 5.74) is 2.19. The molecule has 0 atom stereocenters. The van der Waals surface area contributed by atoms with Crippen molar-refractivity contribution in [3.63, 3.8) is 0 Å². The van der Waals surface area contributed by atoms with Crippen LogP contribution in [0.15, 0.2) is 42.5 Å². The van der Waals surface area contributed by atoms with Gasteiger partial charge < -0.3 is 14.8 Å². The fourth-order valence-electron chi connectivity index (χ4n) is 2.67. The van der Waals surface area contributed by atoms with Crippen LogP contribution in [0, 0.1) is 0 Å². The highest BCUT2D eigenvalue weighted by Crippen LogP contribution is 2.30. The number of hydrogen-bond donors (Lipinski definition) is 1. The standard InChI is InChI=1S/C18H17NO4/c1-22-17-7-3-2-6-14(17)19-18(21)11-23-16-8-4-5-12-13(16)9-10-15(12)20/h2-8H,9-11H2,1H3,(H,19,21). The maximum atomic E-state index is 12.1.